The Labute approximate surface area is 71.6 Å². The van der Waals surface area contributed by atoms with Crippen LogP contribution in [0, 0.1) is 0 Å². The lowest BCUT2D eigenvalue weighted by molar-refractivity contribution is 0.260. The molecule has 10 heavy (non-hydrogen) atoms. The zero-order valence-corrected chi connectivity index (χ0v) is 10.2. The molecule has 0 fully saturated rings. The van der Waals surface area contributed by atoms with E-state index in [9.17, 15) is 0 Å². The number of alkyl halides is 1. The van der Waals surface area contributed by atoms with Crippen molar-refractivity contribution in [3.63, 3.8) is 0 Å². The summed E-state index contributed by atoms with van der Waals surface area (Å²) in [5.41, 5.74) is 0. The molecule has 0 aromatic rings. The maximum Gasteiger partial charge on any atom is 0.0868 e. The van der Waals surface area contributed by atoms with Crippen molar-refractivity contribution in [1.29, 1.82) is 0 Å². The van der Waals surface area contributed by atoms with Crippen LogP contribution in [0.15, 0.2) is 0 Å². The summed E-state index contributed by atoms with van der Waals surface area (Å²) in [5.74, 6) is 0. The zero-order chi connectivity index (χ0) is 8.36. The molecule has 0 saturated carbocycles. The van der Waals surface area contributed by atoms with E-state index in [2.05, 4.69) is 9.80 Å². The summed E-state index contributed by atoms with van der Waals surface area (Å²) in [5, 5.41) is 0. The summed E-state index contributed by atoms with van der Waals surface area (Å²) in [6.07, 6.45) is 0. The first-order valence-electron chi connectivity index (χ1n) is 3.37. The first-order chi connectivity index (χ1) is 4.36. The summed E-state index contributed by atoms with van der Waals surface area (Å²) in [6, 6.07) is 0. The molecule has 0 aliphatic rings. The molecule has 4 heteroatoms. The quantitative estimate of drug-likeness (QED) is 0.324. The van der Waals surface area contributed by atoms with Crippen molar-refractivity contribution in [3.05, 3.63) is 0 Å². The molecule has 62 valence electrons. The number of rotatable bonds is 3. The third kappa shape index (κ3) is 3.56. The summed E-state index contributed by atoms with van der Waals surface area (Å²) in [4.78, 5) is 4.18. The molecule has 0 aromatic carbocycles. The van der Waals surface area contributed by atoms with Crippen LogP contribution in [0.1, 0.15) is 0 Å². The molecular formula is C6H17ClN2Si. The second kappa shape index (κ2) is 3.71. The maximum absolute atomic E-state index is 6.21. The van der Waals surface area contributed by atoms with E-state index in [0.29, 0.717) is 0 Å². The summed E-state index contributed by atoms with van der Waals surface area (Å²) in [7, 11) is 9.10. The van der Waals surface area contributed by atoms with Gasteiger partial charge < -0.3 is 4.90 Å². The third-order valence-electron chi connectivity index (χ3n) is 1.54. The fraction of sp³-hybridized carbons (Fsp3) is 1.00. The van der Waals surface area contributed by atoms with Crippen LogP contribution in [0.5, 0.6) is 0 Å². The van der Waals surface area contributed by atoms with Gasteiger partial charge in [0.05, 0.1) is 4.62 Å². The van der Waals surface area contributed by atoms with Gasteiger partial charge in [-0.25, -0.2) is 0 Å². The molecule has 0 radical (unpaired) electrons. The molecule has 0 heterocycles. The van der Waals surface area contributed by atoms with Crippen molar-refractivity contribution < 1.29 is 0 Å². The SMILES string of the molecule is CN(C)CC([SiH3])(Cl)N(C)C. The number of hydrogen-bond acceptors (Lipinski definition) is 2. The molecule has 2 nitrogen and oxygen atoms in total. The van der Waals surface area contributed by atoms with Gasteiger partial charge in [0.1, 0.15) is 0 Å². The second-order valence-corrected chi connectivity index (χ2v) is 6.38. The first kappa shape index (κ1) is 10.4. The molecule has 0 spiro atoms. The van der Waals surface area contributed by atoms with Gasteiger partial charge >= 0.3 is 0 Å². The maximum atomic E-state index is 6.21. The predicted octanol–water partition coefficient (Wildman–Crippen LogP) is -0.632. The van der Waals surface area contributed by atoms with Gasteiger partial charge in [0.2, 0.25) is 0 Å². The van der Waals surface area contributed by atoms with E-state index in [1.54, 1.807) is 0 Å². The standard InChI is InChI=1S/C6H17ClN2Si/c1-8(2)5-6(7,10)9(3)4/h5H2,1-4,10H3. The van der Waals surface area contributed by atoms with Crippen LogP contribution in [-0.4, -0.2) is 59.4 Å². The van der Waals surface area contributed by atoms with Gasteiger partial charge in [-0.2, -0.15) is 0 Å². The third-order valence-corrected chi connectivity index (χ3v) is 3.21. The molecule has 1 unspecified atom stereocenters. The van der Waals surface area contributed by atoms with Crippen LogP contribution >= 0.6 is 11.6 Å². The monoisotopic (exact) mass is 180 g/mol. The summed E-state index contributed by atoms with van der Waals surface area (Å²) < 4.78 is -0.108. The molecule has 0 amide bonds. The smallest absolute Gasteiger partial charge is 0.0868 e. The minimum absolute atomic E-state index is 0.108. The van der Waals surface area contributed by atoms with Gasteiger partial charge in [0.15, 0.2) is 0 Å². The number of nitrogens with zero attached hydrogens (tertiary/aromatic N) is 2. The van der Waals surface area contributed by atoms with Crippen LogP contribution in [0.4, 0.5) is 0 Å². The van der Waals surface area contributed by atoms with Gasteiger partial charge in [-0.15, -0.1) is 11.6 Å². The zero-order valence-electron chi connectivity index (χ0n) is 7.48. The van der Waals surface area contributed by atoms with Gasteiger partial charge in [-0.05, 0) is 28.2 Å². The number of likely N-dealkylation sites (N-methyl/N-ethyl adjacent to an activating group) is 2. The lowest BCUT2D eigenvalue weighted by Gasteiger charge is -2.32. The van der Waals surface area contributed by atoms with E-state index in [4.69, 9.17) is 11.6 Å². The van der Waals surface area contributed by atoms with E-state index in [1.165, 1.54) is 0 Å². The van der Waals surface area contributed by atoms with Crippen LogP contribution < -0.4 is 0 Å². The Morgan fingerprint density at radius 1 is 1.30 bits per heavy atom. The Morgan fingerprint density at radius 2 is 1.70 bits per heavy atom. The van der Waals surface area contributed by atoms with Crippen LogP contribution in [0.2, 0.25) is 0 Å². The molecule has 0 aliphatic carbocycles. The summed E-state index contributed by atoms with van der Waals surface area (Å²) >= 11 is 6.21. The fourth-order valence-electron chi connectivity index (χ4n) is 0.719. The van der Waals surface area contributed by atoms with Crippen molar-refractivity contribution in [1.82, 2.24) is 9.80 Å². The van der Waals surface area contributed by atoms with Crippen molar-refractivity contribution in [2.24, 2.45) is 0 Å². The van der Waals surface area contributed by atoms with E-state index >= 15 is 0 Å². The van der Waals surface area contributed by atoms with Crippen molar-refractivity contribution in [3.8, 4) is 0 Å². The number of hydrogen-bond donors (Lipinski definition) is 0. The minimum atomic E-state index is -0.108. The van der Waals surface area contributed by atoms with E-state index in [1.807, 2.05) is 28.2 Å². The van der Waals surface area contributed by atoms with E-state index < -0.39 is 0 Å². The fourth-order valence-corrected chi connectivity index (χ4v) is 1.59. The number of halogens is 1. The molecular weight excluding hydrogens is 164 g/mol. The lowest BCUT2D eigenvalue weighted by atomic mass is 10.5. The van der Waals surface area contributed by atoms with E-state index in [0.717, 1.165) is 16.8 Å². The largest absolute Gasteiger partial charge is 0.307 e. The Bertz CT molecular complexity index is 104. The molecule has 0 bridgehead atoms. The first-order valence-corrected chi connectivity index (χ1v) is 4.75. The molecule has 0 aliphatic heterocycles. The highest BCUT2D eigenvalue weighted by molar-refractivity contribution is 6.44. The van der Waals surface area contributed by atoms with Crippen molar-refractivity contribution in [2.45, 2.75) is 4.62 Å². The lowest BCUT2D eigenvalue weighted by Crippen LogP contribution is -2.47. The minimum Gasteiger partial charge on any atom is -0.307 e. The molecule has 1 atom stereocenters. The average Bonchev–Trinajstić information content (AvgIpc) is 1.60. The molecule has 0 saturated heterocycles. The van der Waals surface area contributed by atoms with Gasteiger partial charge in [0, 0.05) is 16.8 Å². The highest BCUT2D eigenvalue weighted by atomic mass is 35.5. The predicted molar refractivity (Wildman–Crippen MR) is 50.8 cm³/mol. The Hall–Kier alpha value is 0.427. The molecule has 0 N–H and O–H groups in total. The molecule has 0 aromatic heterocycles. The Balaban J connectivity index is 3.87. The van der Waals surface area contributed by atoms with Crippen molar-refractivity contribution in [2.75, 3.05) is 34.7 Å². The highest BCUT2D eigenvalue weighted by Crippen LogP contribution is 2.12. The topological polar surface area (TPSA) is 6.48 Å². The van der Waals surface area contributed by atoms with Gasteiger partial charge in [0.25, 0.3) is 0 Å². The Morgan fingerprint density at radius 3 is 1.80 bits per heavy atom. The second-order valence-electron chi connectivity index (χ2n) is 3.27. The van der Waals surface area contributed by atoms with Crippen LogP contribution in [0.3, 0.4) is 0 Å². The van der Waals surface area contributed by atoms with Gasteiger partial charge in [-0.3, -0.25) is 4.90 Å². The van der Waals surface area contributed by atoms with Crippen LogP contribution in [-0.2, 0) is 0 Å². The summed E-state index contributed by atoms with van der Waals surface area (Å²) in [6.45, 7) is 0.924. The highest BCUT2D eigenvalue weighted by Gasteiger charge is 2.23. The average molecular weight is 181 g/mol. The molecule has 0 rings (SSSR count). The van der Waals surface area contributed by atoms with Crippen LogP contribution in [0.25, 0.3) is 0 Å². The van der Waals surface area contributed by atoms with Gasteiger partial charge in [-0.1, -0.05) is 0 Å². The van der Waals surface area contributed by atoms with Crippen molar-refractivity contribution >= 4 is 21.8 Å². The normalized spacial score (nSPS) is 18.3. The Kier molecular flexibility index (Phi) is 3.87. The van der Waals surface area contributed by atoms with E-state index in [-0.39, 0.29) is 4.62 Å².